The van der Waals surface area contributed by atoms with Crippen LogP contribution in [0, 0.1) is 15.9 Å². The van der Waals surface area contributed by atoms with Gasteiger partial charge in [-0.1, -0.05) is 0 Å². The number of rotatable bonds is 3. The highest BCUT2D eigenvalue weighted by atomic mass is 32.2. The summed E-state index contributed by atoms with van der Waals surface area (Å²) in [5.41, 5.74) is 0.672. The molecule has 0 aromatic heterocycles. The minimum atomic E-state index is -0.535. The molecule has 98 valence electrons. The van der Waals surface area contributed by atoms with Crippen molar-refractivity contribution in [2.45, 2.75) is 32.4 Å². The SMILES string of the molecule is C/C(=[NH+]\SC(C)(C)C)c1cc([N+](=O)[O-])ccc1F. The van der Waals surface area contributed by atoms with Crippen molar-refractivity contribution in [3.8, 4) is 0 Å². The number of nitrogens with one attached hydrogen (secondary N) is 1. The molecular weight excluding hydrogens is 255 g/mol. The van der Waals surface area contributed by atoms with Crippen molar-refractivity contribution in [3.63, 3.8) is 0 Å². The van der Waals surface area contributed by atoms with Crippen molar-refractivity contribution in [3.05, 3.63) is 39.7 Å². The summed E-state index contributed by atoms with van der Waals surface area (Å²) < 4.78 is 16.6. The second-order valence-corrected chi connectivity index (χ2v) is 6.50. The third-order valence-corrected chi connectivity index (χ3v) is 3.10. The predicted octanol–water partition coefficient (Wildman–Crippen LogP) is 2.07. The van der Waals surface area contributed by atoms with E-state index in [9.17, 15) is 14.5 Å². The fourth-order valence-corrected chi connectivity index (χ4v) is 1.77. The normalized spacial score (nSPS) is 12.6. The molecule has 1 rings (SSSR count). The first-order valence-corrected chi connectivity index (χ1v) is 6.24. The first kappa shape index (κ1) is 14.6. The molecule has 1 N–H and O–H groups in total. The van der Waals surface area contributed by atoms with E-state index in [2.05, 4.69) is 4.40 Å². The Morgan fingerprint density at radius 2 is 2.06 bits per heavy atom. The van der Waals surface area contributed by atoms with Gasteiger partial charge in [0.15, 0.2) is 17.7 Å². The maximum absolute atomic E-state index is 13.6. The van der Waals surface area contributed by atoms with Crippen LogP contribution < -0.4 is 4.40 Å². The molecule has 0 aliphatic carbocycles. The molecule has 6 heteroatoms. The predicted molar refractivity (Wildman–Crippen MR) is 71.1 cm³/mol. The lowest BCUT2D eigenvalue weighted by atomic mass is 10.1. The fourth-order valence-electron chi connectivity index (χ4n) is 1.20. The van der Waals surface area contributed by atoms with Gasteiger partial charge < -0.3 is 0 Å². The number of benzene rings is 1. The zero-order valence-corrected chi connectivity index (χ0v) is 11.6. The summed E-state index contributed by atoms with van der Waals surface area (Å²) in [6, 6.07) is 3.50. The monoisotopic (exact) mass is 271 g/mol. The summed E-state index contributed by atoms with van der Waals surface area (Å²) in [5.74, 6) is -0.472. The third kappa shape index (κ3) is 4.10. The standard InChI is InChI=1S/C12H15FN2O2S/c1-8(14-18-12(2,3)4)10-7-9(15(16)17)5-6-11(10)13/h5-7H,1-4H3/p+1/b14-8+. The summed E-state index contributed by atoms with van der Waals surface area (Å²) in [6.07, 6.45) is 0. The highest BCUT2D eigenvalue weighted by Crippen LogP contribution is 2.17. The summed E-state index contributed by atoms with van der Waals surface area (Å²) in [7, 11) is 0. The van der Waals surface area contributed by atoms with E-state index >= 15 is 0 Å². The Morgan fingerprint density at radius 3 is 2.56 bits per heavy atom. The number of nitrogens with zero attached hydrogens (tertiary/aromatic N) is 1. The zero-order chi connectivity index (χ0) is 13.9. The molecule has 0 spiro atoms. The van der Waals surface area contributed by atoms with E-state index in [1.165, 1.54) is 18.0 Å². The average Bonchev–Trinajstić information content (AvgIpc) is 2.25. The van der Waals surface area contributed by atoms with Crippen molar-refractivity contribution >= 4 is 23.3 Å². The van der Waals surface area contributed by atoms with Crippen LogP contribution >= 0.6 is 11.9 Å². The number of nitro benzene ring substituents is 1. The molecule has 0 atom stereocenters. The van der Waals surface area contributed by atoms with E-state index in [0.29, 0.717) is 5.71 Å². The van der Waals surface area contributed by atoms with E-state index < -0.39 is 10.7 Å². The number of hydrogen-bond acceptors (Lipinski definition) is 3. The molecule has 0 fully saturated rings. The summed E-state index contributed by atoms with van der Waals surface area (Å²) in [6.45, 7) is 7.74. The molecule has 0 saturated heterocycles. The molecule has 1 aromatic rings. The van der Waals surface area contributed by atoms with Crippen LogP contribution in [-0.2, 0) is 0 Å². The molecule has 18 heavy (non-hydrogen) atoms. The van der Waals surface area contributed by atoms with Crippen LogP contribution in [0.5, 0.6) is 0 Å². The van der Waals surface area contributed by atoms with Gasteiger partial charge in [0.2, 0.25) is 0 Å². The van der Waals surface area contributed by atoms with E-state index in [0.717, 1.165) is 12.1 Å². The van der Waals surface area contributed by atoms with Crippen molar-refractivity contribution in [1.29, 1.82) is 0 Å². The van der Waals surface area contributed by atoms with Crippen LogP contribution in [0.3, 0.4) is 0 Å². The van der Waals surface area contributed by atoms with Crippen LogP contribution in [0.4, 0.5) is 10.1 Å². The van der Waals surface area contributed by atoms with Crippen molar-refractivity contribution < 1.29 is 13.7 Å². The molecule has 0 saturated carbocycles. The first-order valence-electron chi connectivity index (χ1n) is 5.42. The number of non-ortho nitro benzene ring substituents is 1. The molecule has 0 amide bonds. The van der Waals surface area contributed by atoms with Gasteiger partial charge >= 0.3 is 0 Å². The minimum Gasteiger partial charge on any atom is -0.258 e. The van der Waals surface area contributed by atoms with E-state index in [1.54, 1.807) is 6.92 Å². The zero-order valence-electron chi connectivity index (χ0n) is 10.8. The maximum Gasteiger partial charge on any atom is 0.270 e. The van der Waals surface area contributed by atoms with E-state index in [1.807, 2.05) is 20.8 Å². The molecule has 4 nitrogen and oxygen atoms in total. The molecule has 1 aromatic carbocycles. The largest absolute Gasteiger partial charge is 0.270 e. The van der Waals surface area contributed by atoms with Gasteiger partial charge in [-0.25, -0.2) is 4.39 Å². The van der Waals surface area contributed by atoms with Gasteiger partial charge in [0.05, 0.1) is 15.2 Å². The van der Waals surface area contributed by atoms with Gasteiger partial charge in [0, 0.05) is 19.1 Å². The Balaban J connectivity index is 3.08. The summed E-state index contributed by atoms with van der Waals surface area (Å²) in [5, 5.41) is 10.7. The smallest absolute Gasteiger partial charge is 0.258 e. The second-order valence-electron chi connectivity index (χ2n) is 4.86. The van der Waals surface area contributed by atoms with Gasteiger partial charge in [-0.05, 0) is 26.8 Å². The third-order valence-electron chi connectivity index (χ3n) is 2.08. The molecule has 0 aliphatic heterocycles. The average molecular weight is 271 g/mol. The highest BCUT2D eigenvalue weighted by molar-refractivity contribution is 7.94. The highest BCUT2D eigenvalue weighted by Gasteiger charge is 2.20. The Kier molecular flexibility index (Phi) is 4.45. The van der Waals surface area contributed by atoms with Crippen LogP contribution in [-0.4, -0.2) is 15.4 Å². The lowest BCUT2D eigenvalue weighted by Gasteiger charge is -2.07. The molecule has 0 unspecified atom stereocenters. The molecule has 0 bridgehead atoms. The minimum absolute atomic E-state index is 0.0293. The van der Waals surface area contributed by atoms with Crippen molar-refractivity contribution in [2.75, 3.05) is 0 Å². The van der Waals surface area contributed by atoms with E-state index in [-0.39, 0.29) is 16.0 Å². The Bertz CT molecular complexity index is 495. The Hall–Kier alpha value is -1.43. The number of hydrogen-bond donors (Lipinski definition) is 1. The lowest BCUT2D eigenvalue weighted by molar-refractivity contribution is -0.385. The number of halogens is 1. The molecule has 0 heterocycles. The van der Waals surface area contributed by atoms with Crippen LogP contribution in [0.1, 0.15) is 33.3 Å². The van der Waals surface area contributed by atoms with Gasteiger partial charge in [0.1, 0.15) is 5.82 Å². The van der Waals surface area contributed by atoms with Crippen LogP contribution in [0.25, 0.3) is 0 Å². The summed E-state index contributed by atoms with van der Waals surface area (Å²) >= 11 is 1.44. The fraction of sp³-hybridized carbons (Fsp3) is 0.417. The van der Waals surface area contributed by atoms with Crippen LogP contribution in [0.2, 0.25) is 0 Å². The molecular formula is C12H16FN2O2S+. The van der Waals surface area contributed by atoms with Crippen LogP contribution in [0.15, 0.2) is 18.2 Å². The van der Waals surface area contributed by atoms with Gasteiger partial charge in [-0.3, -0.25) is 10.1 Å². The Labute approximate surface area is 110 Å². The Morgan fingerprint density at radius 1 is 1.44 bits per heavy atom. The van der Waals surface area contributed by atoms with Gasteiger partial charge in [-0.15, -0.1) is 0 Å². The first-order chi connectivity index (χ1) is 8.20. The topological polar surface area (TPSA) is 57.1 Å². The molecule has 0 aliphatic rings. The number of nitro groups is 1. The van der Waals surface area contributed by atoms with Gasteiger partial charge in [0.25, 0.3) is 5.69 Å². The van der Waals surface area contributed by atoms with E-state index in [4.69, 9.17) is 0 Å². The van der Waals surface area contributed by atoms with Crippen molar-refractivity contribution in [1.82, 2.24) is 0 Å². The van der Waals surface area contributed by atoms with Gasteiger partial charge in [-0.2, -0.15) is 4.40 Å². The maximum atomic E-state index is 13.6. The molecule has 0 radical (unpaired) electrons. The van der Waals surface area contributed by atoms with Crippen molar-refractivity contribution in [2.24, 2.45) is 0 Å². The quantitative estimate of drug-likeness (QED) is 0.396. The summed E-state index contributed by atoms with van der Waals surface area (Å²) in [4.78, 5) is 10.1. The second kappa shape index (κ2) is 5.48. The lowest BCUT2D eigenvalue weighted by Crippen LogP contribution is -2.66.